The van der Waals surface area contributed by atoms with Crippen molar-refractivity contribution in [3.05, 3.63) is 11.7 Å². The number of hydrogen-bond acceptors (Lipinski definition) is 5. The van der Waals surface area contributed by atoms with Crippen LogP contribution in [0.3, 0.4) is 0 Å². The molecule has 1 aliphatic rings. The van der Waals surface area contributed by atoms with E-state index in [1.807, 2.05) is 0 Å². The van der Waals surface area contributed by atoms with E-state index >= 15 is 0 Å². The first-order valence-corrected chi connectivity index (χ1v) is 6.40. The van der Waals surface area contributed by atoms with Crippen molar-refractivity contribution in [1.29, 1.82) is 0 Å². The average molecular weight is 239 g/mol. The quantitative estimate of drug-likeness (QED) is 0.808. The zero-order valence-electron chi connectivity index (χ0n) is 10.6. The molecule has 96 valence electrons. The number of ether oxygens (including phenoxy) is 1. The SMILES string of the molecule is CCNC(C)Cc1nc(CC2CCOC2)no1. The van der Waals surface area contributed by atoms with E-state index in [0.717, 1.165) is 50.7 Å². The molecule has 5 nitrogen and oxygen atoms in total. The lowest BCUT2D eigenvalue weighted by Gasteiger charge is -2.07. The largest absolute Gasteiger partial charge is 0.381 e. The molecule has 0 radical (unpaired) electrons. The summed E-state index contributed by atoms with van der Waals surface area (Å²) in [5, 5.41) is 7.35. The number of nitrogens with zero attached hydrogens (tertiary/aromatic N) is 2. The Morgan fingerprint density at radius 2 is 2.41 bits per heavy atom. The molecule has 17 heavy (non-hydrogen) atoms. The molecular weight excluding hydrogens is 218 g/mol. The standard InChI is InChI=1S/C12H21N3O2/c1-3-13-9(2)6-12-14-11(15-17-12)7-10-4-5-16-8-10/h9-10,13H,3-8H2,1-2H3. The fourth-order valence-electron chi connectivity index (χ4n) is 2.14. The van der Waals surface area contributed by atoms with E-state index in [1.165, 1.54) is 0 Å². The summed E-state index contributed by atoms with van der Waals surface area (Å²) in [5.41, 5.74) is 0. The monoisotopic (exact) mass is 239 g/mol. The molecule has 1 saturated heterocycles. The Balaban J connectivity index is 1.82. The van der Waals surface area contributed by atoms with Crippen molar-refractivity contribution in [1.82, 2.24) is 15.5 Å². The third-order valence-electron chi connectivity index (χ3n) is 3.04. The van der Waals surface area contributed by atoms with E-state index in [0.29, 0.717) is 12.0 Å². The van der Waals surface area contributed by atoms with Gasteiger partial charge in [-0.1, -0.05) is 12.1 Å². The van der Waals surface area contributed by atoms with Gasteiger partial charge in [-0.05, 0) is 25.8 Å². The summed E-state index contributed by atoms with van der Waals surface area (Å²) >= 11 is 0. The van der Waals surface area contributed by atoms with Gasteiger partial charge in [0.05, 0.1) is 0 Å². The van der Waals surface area contributed by atoms with Crippen LogP contribution in [-0.4, -0.2) is 35.9 Å². The van der Waals surface area contributed by atoms with Crippen LogP contribution in [0, 0.1) is 5.92 Å². The Morgan fingerprint density at radius 1 is 1.53 bits per heavy atom. The minimum atomic E-state index is 0.378. The van der Waals surface area contributed by atoms with E-state index in [4.69, 9.17) is 9.26 Å². The lowest BCUT2D eigenvalue weighted by atomic mass is 10.1. The highest BCUT2D eigenvalue weighted by molar-refractivity contribution is 4.91. The van der Waals surface area contributed by atoms with Gasteiger partial charge in [0.15, 0.2) is 5.82 Å². The molecule has 0 saturated carbocycles. The smallest absolute Gasteiger partial charge is 0.228 e. The fraction of sp³-hybridized carbons (Fsp3) is 0.833. The lowest BCUT2D eigenvalue weighted by Crippen LogP contribution is -2.27. The van der Waals surface area contributed by atoms with Crippen LogP contribution in [-0.2, 0) is 17.6 Å². The summed E-state index contributed by atoms with van der Waals surface area (Å²) in [4.78, 5) is 4.42. The lowest BCUT2D eigenvalue weighted by molar-refractivity contribution is 0.185. The molecule has 1 N–H and O–H groups in total. The van der Waals surface area contributed by atoms with Gasteiger partial charge in [-0.25, -0.2) is 0 Å². The molecule has 0 bridgehead atoms. The van der Waals surface area contributed by atoms with Crippen LogP contribution < -0.4 is 5.32 Å². The van der Waals surface area contributed by atoms with Crippen molar-refractivity contribution in [2.24, 2.45) is 5.92 Å². The van der Waals surface area contributed by atoms with Crippen LogP contribution in [0.4, 0.5) is 0 Å². The molecule has 2 atom stereocenters. The second kappa shape index (κ2) is 6.12. The third kappa shape index (κ3) is 3.78. The van der Waals surface area contributed by atoms with Crippen molar-refractivity contribution in [2.45, 2.75) is 39.2 Å². The Bertz CT molecular complexity index is 334. The minimum absolute atomic E-state index is 0.378. The Morgan fingerprint density at radius 3 is 3.12 bits per heavy atom. The summed E-state index contributed by atoms with van der Waals surface area (Å²) in [7, 11) is 0. The van der Waals surface area contributed by atoms with Gasteiger partial charge >= 0.3 is 0 Å². The van der Waals surface area contributed by atoms with Crippen LogP contribution in [0.5, 0.6) is 0 Å². The van der Waals surface area contributed by atoms with E-state index in [9.17, 15) is 0 Å². The number of likely N-dealkylation sites (N-methyl/N-ethyl adjacent to an activating group) is 1. The topological polar surface area (TPSA) is 60.2 Å². The van der Waals surface area contributed by atoms with Gasteiger partial charge in [-0.3, -0.25) is 0 Å². The van der Waals surface area contributed by atoms with Crippen molar-refractivity contribution < 1.29 is 9.26 Å². The molecule has 2 heterocycles. The average Bonchev–Trinajstić information content (AvgIpc) is 2.91. The molecule has 0 spiro atoms. The van der Waals surface area contributed by atoms with Crippen LogP contribution >= 0.6 is 0 Å². The third-order valence-corrected chi connectivity index (χ3v) is 3.04. The normalized spacial score (nSPS) is 21.9. The zero-order chi connectivity index (χ0) is 12.1. The Labute approximate surface area is 102 Å². The Hall–Kier alpha value is -0.940. The van der Waals surface area contributed by atoms with Crippen LogP contribution in [0.1, 0.15) is 32.0 Å². The van der Waals surface area contributed by atoms with Gasteiger partial charge in [0.1, 0.15) is 0 Å². The molecule has 0 amide bonds. The first-order valence-electron chi connectivity index (χ1n) is 6.40. The molecule has 0 aliphatic carbocycles. The highest BCUT2D eigenvalue weighted by Crippen LogP contribution is 2.16. The van der Waals surface area contributed by atoms with Crippen LogP contribution in [0.2, 0.25) is 0 Å². The van der Waals surface area contributed by atoms with Crippen LogP contribution in [0.25, 0.3) is 0 Å². The van der Waals surface area contributed by atoms with Gasteiger partial charge < -0.3 is 14.6 Å². The van der Waals surface area contributed by atoms with Gasteiger partial charge in [-0.2, -0.15) is 4.98 Å². The summed E-state index contributed by atoms with van der Waals surface area (Å²) in [6.45, 7) is 6.88. The molecule has 0 aromatic carbocycles. The maximum absolute atomic E-state index is 5.34. The van der Waals surface area contributed by atoms with Gasteiger partial charge in [0.25, 0.3) is 0 Å². The van der Waals surface area contributed by atoms with Crippen molar-refractivity contribution in [3.8, 4) is 0 Å². The maximum Gasteiger partial charge on any atom is 0.228 e. The Kier molecular flexibility index (Phi) is 4.50. The van der Waals surface area contributed by atoms with Crippen molar-refractivity contribution in [2.75, 3.05) is 19.8 Å². The molecule has 2 rings (SSSR count). The minimum Gasteiger partial charge on any atom is -0.381 e. The highest BCUT2D eigenvalue weighted by atomic mass is 16.5. The predicted molar refractivity (Wildman–Crippen MR) is 63.8 cm³/mol. The number of aromatic nitrogens is 2. The summed E-state index contributed by atoms with van der Waals surface area (Å²) < 4.78 is 10.6. The molecular formula is C12H21N3O2. The van der Waals surface area contributed by atoms with Gasteiger partial charge in [0.2, 0.25) is 5.89 Å². The van der Waals surface area contributed by atoms with Crippen LogP contribution in [0.15, 0.2) is 4.52 Å². The second-order valence-corrected chi connectivity index (χ2v) is 4.70. The number of hydrogen-bond donors (Lipinski definition) is 1. The molecule has 1 aliphatic heterocycles. The van der Waals surface area contributed by atoms with Crippen molar-refractivity contribution in [3.63, 3.8) is 0 Å². The fourth-order valence-corrected chi connectivity index (χ4v) is 2.14. The summed E-state index contributed by atoms with van der Waals surface area (Å²) in [5.74, 6) is 2.11. The van der Waals surface area contributed by atoms with Gasteiger partial charge in [0, 0.05) is 32.1 Å². The summed E-state index contributed by atoms with van der Waals surface area (Å²) in [6.07, 6.45) is 2.78. The van der Waals surface area contributed by atoms with Gasteiger partial charge in [-0.15, -0.1) is 0 Å². The van der Waals surface area contributed by atoms with E-state index in [2.05, 4.69) is 29.3 Å². The predicted octanol–water partition coefficient (Wildman–Crippen LogP) is 1.19. The first kappa shape index (κ1) is 12.5. The first-order chi connectivity index (χ1) is 8.28. The summed E-state index contributed by atoms with van der Waals surface area (Å²) in [6, 6.07) is 0.378. The molecule has 1 aromatic heterocycles. The molecule has 1 aromatic rings. The highest BCUT2D eigenvalue weighted by Gasteiger charge is 2.19. The maximum atomic E-state index is 5.34. The number of rotatable bonds is 6. The van der Waals surface area contributed by atoms with Crippen molar-refractivity contribution >= 4 is 0 Å². The molecule has 5 heteroatoms. The van der Waals surface area contributed by atoms with E-state index in [-0.39, 0.29) is 0 Å². The molecule has 1 fully saturated rings. The number of nitrogens with one attached hydrogen (secondary N) is 1. The zero-order valence-corrected chi connectivity index (χ0v) is 10.6. The second-order valence-electron chi connectivity index (χ2n) is 4.70. The van der Waals surface area contributed by atoms with E-state index in [1.54, 1.807) is 0 Å². The molecule has 2 unspecified atom stereocenters. The van der Waals surface area contributed by atoms with E-state index < -0.39 is 0 Å².